The predicted octanol–water partition coefficient (Wildman–Crippen LogP) is 4.41. The number of likely N-dealkylation sites (tertiary alicyclic amines) is 1. The van der Waals surface area contributed by atoms with Crippen molar-refractivity contribution in [3.63, 3.8) is 0 Å². The van der Waals surface area contributed by atoms with Gasteiger partial charge in [0.15, 0.2) is 5.58 Å². The molecular formula is C22H24N2O5. The Labute approximate surface area is 169 Å². The molecule has 2 heterocycles. The summed E-state index contributed by atoms with van der Waals surface area (Å²) in [7, 11) is 1.33. The Morgan fingerprint density at radius 2 is 1.90 bits per heavy atom. The number of carbonyl (C=O) groups is 1. The van der Waals surface area contributed by atoms with Crippen LogP contribution in [0.5, 0.6) is 11.8 Å². The SMILES string of the molecule is COC(=O)OC1CCN(CCc2ccc(Oc3nc4ccccc4o3)cc2)CC1. The van der Waals surface area contributed by atoms with Gasteiger partial charge in [-0.05, 0) is 49.1 Å². The van der Waals surface area contributed by atoms with Crippen LogP contribution in [0.25, 0.3) is 11.1 Å². The Morgan fingerprint density at radius 3 is 2.62 bits per heavy atom. The number of benzene rings is 2. The lowest BCUT2D eigenvalue weighted by molar-refractivity contribution is 0.00981. The molecule has 1 aliphatic heterocycles. The maximum atomic E-state index is 11.2. The van der Waals surface area contributed by atoms with Crippen molar-refractivity contribution in [2.75, 3.05) is 26.7 Å². The van der Waals surface area contributed by atoms with Crippen molar-refractivity contribution < 1.29 is 23.4 Å². The van der Waals surface area contributed by atoms with Crippen molar-refractivity contribution in [3.8, 4) is 11.8 Å². The Morgan fingerprint density at radius 1 is 1.14 bits per heavy atom. The summed E-state index contributed by atoms with van der Waals surface area (Å²) < 4.78 is 21.1. The van der Waals surface area contributed by atoms with E-state index >= 15 is 0 Å². The Balaban J connectivity index is 1.24. The molecule has 0 spiro atoms. The fourth-order valence-corrected chi connectivity index (χ4v) is 3.44. The zero-order valence-electron chi connectivity index (χ0n) is 16.4. The van der Waals surface area contributed by atoms with Crippen LogP contribution in [0, 0.1) is 0 Å². The molecule has 29 heavy (non-hydrogen) atoms. The quantitative estimate of drug-likeness (QED) is 0.571. The molecule has 1 saturated heterocycles. The minimum atomic E-state index is -0.594. The van der Waals surface area contributed by atoms with Crippen LogP contribution in [-0.4, -0.2) is 48.9 Å². The monoisotopic (exact) mass is 396 g/mol. The van der Waals surface area contributed by atoms with Gasteiger partial charge >= 0.3 is 12.2 Å². The van der Waals surface area contributed by atoms with Crippen molar-refractivity contribution >= 4 is 17.3 Å². The highest BCUT2D eigenvalue weighted by molar-refractivity contribution is 5.72. The van der Waals surface area contributed by atoms with Gasteiger partial charge in [-0.3, -0.25) is 0 Å². The Hall–Kier alpha value is -3.06. The summed E-state index contributed by atoms with van der Waals surface area (Å²) in [6, 6.07) is 15.6. The molecule has 1 fully saturated rings. The second-order valence-electron chi connectivity index (χ2n) is 7.06. The summed E-state index contributed by atoms with van der Waals surface area (Å²) in [5, 5.41) is 0. The minimum Gasteiger partial charge on any atom is -0.438 e. The molecule has 1 aromatic heterocycles. The first-order valence-corrected chi connectivity index (χ1v) is 9.79. The molecule has 0 N–H and O–H groups in total. The molecule has 7 nitrogen and oxygen atoms in total. The molecule has 0 amide bonds. The van der Waals surface area contributed by atoms with E-state index in [9.17, 15) is 4.79 Å². The molecule has 152 valence electrons. The smallest absolute Gasteiger partial charge is 0.438 e. The molecule has 7 heteroatoms. The lowest BCUT2D eigenvalue weighted by atomic mass is 10.1. The van der Waals surface area contributed by atoms with E-state index in [2.05, 4.69) is 26.8 Å². The van der Waals surface area contributed by atoms with Crippen molar-refractivity contribution in [3.05, 3.63) is 54.1 Å². The number of aromatic nitrogens is 1. The summed E-state index contributed by atoms with van der Waals surface area (Å²) in [6.45, 7) is 2.80. The highest BCUT2D eigenvalue weighted by atomic mass is 16.7. The fraction of sp³-hybridized carbons (Fsp3) is 0.364. The summed E-state index contributed by atoms with van der Waals surface area (Å²) >= 11 is 0. The number of hydrogen-bond acceptors (Lipinski definition) is 7. The summed E-state index contributed by atoms with van der Waals surface area (Å²) in [6.07, 6.45) is 2.24. The maximum Gasteiger partial charge on any atom is 0.508 e. The summed E-state index contributed by atoms with van der Waals surface area (Å²) in [5.41, 5.74) is 2.72. The van der Waals surface area contributed by atoms with Crippen molar-refractivity contribution in [1.29, 1.82) is 0 Å². The molecule has 0 aliphatic carbocycles. The van der Waals surface area contributed by atoms with Gasteiger partial charge in [0.2, 0.25) is 0 Å². The van der Waals surface area contributed by atoms with Gasteiger partial charge in [-0.15, -0.1) is 0 Å². The molecule has 0 radical (unpaired) electrons. The van der Waals surface area contributed by atoms with Crippen LogP contribution in [0.4, 0.5) is 4.79 Å². The molecule has 4 rings (SSSR count). The lowest BCUT2D eigenvalue weighted by Gasteiger charge is -2.31. The van der Waals surface area contributed by atoms with Gasteiger partial charge < -0.3 is 23.5 Å². The van der Waals surface area contributed by atoms with Crippen LogP contribution in [-0.2, 0) is 15.9 Å². The Bertz CT molecular complexity index is 912. The molecule has 2 aromatic carbocycles. The first-order chi connectivity index (χ1) is 14.2. The highest BCUT2D eigenvalue weighted by Gasteiger charge is 2.22. The molecule has 0 unspecified atom stereocenters. The van der Waals surface area contributed by atoms with E-state index in [0.717, 1.165) is 44.4 Å². The van der Waals surface area contributed by atoms with Crippen LogP contribution in [0.2, 0.25) is 0 Å². The third-order valence-electron chi connectivity index (χ3n) is 5.08. The van der Waals surface area contributed by atoms with Crippen LogP contribution in [0.3, 0.4) is 0 Å². The number of hydrogen-bond donors (Lipinski definition) is 0. The molecule has 0 saturated carbocycles. The molecular weight excluding hydrogens is 372 g/mol. The third kappa shape index (κ3) is 5.06. The normalized spacial score (nSPS) is 15.3. The van der Waals surface area contributed by atoms with E-state index in [-0.39, 0.29) is 12.2 Å². The van der Waals surface area contributed by atoms with E-state index in [1.54, 1.807) is 0 Å². The average molecular weight is 396 g/mol. The van der Waals surface area contributed by atoms with Crippen LogP contribution in [0.15, 0.2) is 52.9 Å². The zero-order valence-corrected chi connectivity index (χ0v) is 16.4. The summed E-state index contributed by atoms with van der Waals surface area (Å²) in [4.78, 5) is 17.9. The number of carbonyl (C=O) groups excluding carboxylic acids is 1. The minimum absolute atomic E-state index is 0.0398. The number of oxazole rings is 1. The number of piperidine rings is 1. The van der Waals surface area contributed by atoms with E-state index in [1.807, 2.05) is 36.4 Å². The molecule has 3 aromatic rings. The van der Waals surface area contributed by atoms with Gasteiger partial charge in [0, 0.05) is 19.6 Å². The van der Waals surface area contributed by atoms with Crippen LogP contribution in [0.1, 0.15) is 18.4 Å². The average Bonchev–Trinajstić information content (AvgIpc) is 3.16. The van der Waals surface area contributed by atoms with Crippen LogP contribution < -0.4 is 4.74 Å². The maximum absolute atomic E-state index is 11.2. The second-order valence-corrected chi connectivity index (χ2v) is 7.06. The second kappa shape index (κ2) is 8.96. The topological polar surface area (TPSA) is 74.0 Å². The summed E-state index contributed by atoms with van der Waals surface area (Å²) in [5.74, 6) is 0.695. The van der Waals surface area contributed by atoms with Gasteiger partial charge in [0.25, 0.3) is 0 Å². The number of para-hydroxylation sites is 2. The number of ether oxygens (including phenoxy) is 3. The third-order valence-corrected chi connectivity index (χ3v) is 5.08. The van der Waals surface area contributed by atoms with Crippen molar-refractivity contribution in [2.45, 2.75) is 25.4 Å². The van der Waals surface area contributed by atoms with E-state index in [1.165, 1.54) is 12.7 Å². The fourth-order valence-electron chi connectivity index (χ4n) is 3.44. The number of nitrogens with zero attached hydrogens (tertiary/aromatic N) is 2. The van der Waals surface area contributed by atoms with Crippen molar-refractivity contribution in [1.82, 2.24) is 9.88 Å². The highest BCUT2D eigenvalue weighted by Crippen LogP contribution is 2.25. The first-order valence-electron chi connectivity index (χ1n) is 9.79. The first kappa shape index (κ1) is 19.3. The molecule has 0 atom stereocenters. The van der Waals surface area contributed by atoms with Crippen molar-refractivity contribution in [2.24, 2.45) is 0 Å². The van der Waals surface area contributed by atoms with Crippen LogP contribution >= 0.6 is 0 Å². The van der Waals surface area contributed by atoms with Gasteiger partial charge in [-0.2, -0.15) is 4.98 Å². The number of rotatable bonds is 6. The predicted molar refractivity (Wildman–Crippen MR) is 107 cm³/mol. The van der Waals surface area contributed by atoms with E-state index in [4.69, 9.17) is 13.9 Å². The molecule has 0 bridgehead atoms. The zero-order chi connectivity index (χ0) is 20.1. The van der Waals surface area contributed by atoms with Gasteiger partial charge in [0.05, 0.1) is 7.11 Å². The van der Waals surface area contributed by atoms with E-state index in [0.29, 0.717) is 11.3 Å². The van der Waals surface area contributed by atoms with Gasteiger partial charge in [0.1, 0.15) is 17.4 Å². The molecule has 1 aliphatic rings. The Kier molecular flexibility index (Phi) is 5.95. The largest absolute Gasteiger partial charge is 0.508 e. The number of methoxy groups -OCH3 is 1. The lowest BCUT2D eigenvalue weighted by Crippen LogP contribution is -2.38. The van der Waals surface area contributed by atoms with Gasteiger partial charge in [-0.1, -0.05) is 24.3 Å². The number of fused-ring (bicyclic) bond motifs is 1. The van der Waals surface area contributed by atoms with E-state index < -0.39 is 6.16 Å². The standard InChI is InChI=1S/C22H24N2O5/c1-26-22(25)28-18-11-14-24(15-12-18)13-10-16-6-8-17(9-7-16)27-21-23-19-4-2-3-5-20(19)29-21/h2-9,18H,10-15H2,1H3. The van der Waals surface area contributed by atoms with Gasteiger partial charge in [-0.25, -0.2) is 4.79 Å².